The van der Waals surface area contributed by atoms with Crippen LogP contribution < -0.4 is 5.73 Å². The van der Waals surface area contributed by atoms with Gasteiger partial charge in [-0.3, -0.25) is 4.98 Å². The number of nitrogens with two attached hydrogens (primary N) is 1. The normalized spacial score (nSPS) is 16.2. The second-order valence-corrected chi connectivity index (χ2v) is 6.90. The number of sulfonamides is 1. The van der Waals surface area contributed by atoms with Gasteiger partial charge in [0.15, 0.2) is 0 Å². The van der Waals surface area contributed by atoms with Crippen LogP contribution in [-0.2, 0) is 10.0 Å². The molecule has 0 unspecified atom stereocenters. The molecule has 110 valence electrons. The van der Waals surface area contributed by atoms with Crippen LogP contribution in [0.3, 0.4) is 0 Å². The first-order chi connectivity index (χ1) is 10.1. The lowest BCUT2D eigenvalue weighted by Gasteiger charge is -2.15. The molecule has 0 bridgehead atoms. The summed E-state index contributed by atoms with van der Waals surface area (Å²) in [6.45, 7) is 1.21. The largest absolute Gasteiger partial charge is 0.382 e. The maximum absolute atomic E-state index is 12.4. The number of rotatable bonds is 3. The van der Waals surface area contributed by atoms with E-state index in [9.17, 15) is 8.42 Å². The minimum absolute atomic E-state index is 0.316. The average Bonchev–Trinajstić information content (AvgIpc) is 3.03. The Labute approximate surface area is 123 Å². The minimum Gasteiger partial charge on any atom is -0.382 e. The zero-order chi connectivity index (χ0) is 14.9. The van der Waals surface area contributed by atoms with Crippen LogP contribution in [0.1, 0.15) is 12.8 Å². The van der Waals surface area contributed by atoms with Gasteiger partial charge >= 0.3 is 0 Å². The summed E-state index contributed by atoms with van der Waals surface area (Å²) in [4.78, 5) is 8.47. The van der Waals surface area contributed by atoms with Crippen LogP contribution in [0, 0.1) is 0 Å². The average molecular weight is 304 g/mol. The Balaban J connectivity index is 1.88. The van der Waals surface area contributed by atoms with Crippen molar-refractivity contribution in [3.8, 4) is 11.3 Å². The van der Waals surface area contributed by atoms with E-state index in [-0.39, 0.29) is 0 Å². The highest BCUT2D eigenvalue weighted by Crippen LogP contribution is 2.23. The number of aromatic nitrogens is 2. The highest BCUT2D eigenvalue weighted by atomic mass is 32.2. The highest BCUT2D eigenvalue weighted by molar-refractivity contribution is 7.89. The van der Waals surface area contributed by atoms with Crippen LogP contribution in [0.2, 0.25) is 0 Å². The van der Waals surface area contributed by atoms with E-state index in [0.717, 1.165) is 18.4 Å². The summed E-state index contributed by atoms with van der Waals surface area (Å²) in [5.74, 6) is 0.354. The molecule has 1 aromatic carbocycles. The van der Waals surface area contributed by atoms with Crippen LogP contribution in [0.15, 0.2) is 41.6 Å². The number of anilines is 1. The Morgan fingerprint density at radius 2 is 1.67 bits per heavy atom. The molecule has 7 heteroatoms. The maximum Gasteiger partial charge on any atom is 0.243 e. The lowest BCUT2D eigenvalue weighted by atomic mass is 10.2. The van der Waals surface area contributed by atoms with Gasteiger partial charge in [0, 0.05) is 18.7 Å². The first-order valence-electron chi connectivity index (χ1n) is 6.75. The first-order valence-corrected chi connectivity index (χ1v) is 8.19. The van der Waals surface area contributed by atoms with Gasteiger partial charge in [-0.15, -0.1) is 0 Å². The van der Waals surface area contributed by atoms with Crippen molar-refractivity contribution in [3.63, 3.8) is 0 Å². The van der Waals surface area contributed by atoms with E-state index in [2.05, 4.69) is 9.97 Å². The molecule has 6 nitrogen and oxygen atoms in total. The molecule has 2 N–H and O–H groups in total. The van der Waals surface area contributed by atoms with Gasteiger partial charge in [0.05, 0.1) is 23.0 Å². The Hall–Kier alpha value is -1.99. The third-order valence-electron chi connectivity index (χ3n) is 3.52. The second kappa shape index (κ2) is 5.42. The molecule has 1 saturated heterocycles. The third-order valence-corrected chi connectivity index (χ3v) is 5.44. The molecule has 0 saturated carbocycles. The Kier molecular flexibility index (Phi) is 3.60. The Morgan fingerprint density at radius 3 is 2.24 bits per heavy atom. The molecule has 21 heavy (non-hydrogen) atoms. The summed E-state index contributed by atoms with van der Waals surface area (Å²) >= 11 is 0. The van der Waals surface area contributed by atoms with E-state index < -0.39 is 10.0 Å². The molecule has 2 heterocycles. The zero-order valence-electron chi connectivity index (χ0n) is 11.4. The van der Waals surface area contributed by atoms with Gasteiger partial charge in [-0.25, -0.2) is 13.4 Å². The monoisotopic (exact) mass is 304 g/mol. The van der Waals surface area contributed by atoms with Crippen molar-refractivity contribution in [1.82, 2.24) is 14.3 Å². The molecule has 1 aromatic heterocycles. The van der Waals surface area contributed by atoms with E-state index >= 15 is 0 Å². The molecular formula is C14H16N4O2S. The van der Waals surface area contributed by atoms with Crippen LogP contribution in [0.25, 0.3) is 11.3 Å². The molecule has 1 aliphatic heterocycles. The summed E-state index contributed by atoms with van der Waals surface area (Å²) < 4.78 is 26.3. The maximum atomic E-state index is 12.4. The Morgan fingerprint density at radius 1 is 1.00 bits per heavy atom. The van der Waals surface area contributed by atoms with Crippen LogP contribution in [-0.4, -0.2) is 35.8 Å². The quantitative estimate of drug-likeness (QED) is 0.928. The molecule has 3 rings (SSSR count). The molecule has 2 aromatic rings. The molecule has 1 fully saturated rings. The molecule has 0 spiro atoms. The van der Waals surface area contributed by atoms with E-state index in [1.165, 1.54) is 10.5 Å². The number of hydrogen-bond acceptors (Lipinski definition) is 5. The first kappa shape index (κ1) is 14.0. The van der Waals surface area contributed by atoms with Gasteiger partial charge in [-0.1, -0.05) is 12.1 Å². The molecule has 0 radical (unpaired) electrons. The molecule has 0 atom stereocenters. The fraction of sp³-hybridized carbons (Fsp3) is 0.286. The summed E-state index contributed by atoms with van der Waals surface area (Å²) in [5, 5.41) is 0. The third kappa shape index (κ3) is 2.74. The summed E-state index contributed by atoms with van der Waals surface area (Å²) in [5.41, 5.74) is 6.97. The van der Waals surface area contributed by atoms with Crippen molar-refractivity contribution in [1.29, 1.82) is 0 Å². The van der Waals surface area contributed by atoms with Crippen LogP contribution in [0.4, 0.5) is 5.82 Å². The van der Waals surface area contributed by atoms with Gasteiger partial charge in [-0.05, 0) is 25.0 Å². The SMILES string of the molecule is Nc1cnc(-c2ccc(S(=O)(=O)N3CCCC3)cc2)cn1. The standard InChI is InChI=1S/C14H16N4O2S/c15-14-10-16-13(9-17-14)11-3-5-12(6-4-11)21(19,20)18-7-1-2-8-18/h3-6,9-10H,1-2,7-8H2,(H2,15,17). The van der Waals surface area contributed by atoms with Gasteiger partial charge < -0.3 is 5.73 Å². The highest BCUT2D eigenvalue weighted by Gasteiger charge is 2.26. The van der Waals surface area contributed by atoms with Crippen LogP contribution >= 0.6 is 0 Å². The number of benzene rings is 1. The van der Waals surface area contributed by atoms with Crippen molar-refractivity contribution in [3.05, 3.63) is 36.7 Å². The summed E-state index contributed by atoms with van der Waals surface area (Å²) in [6, 6.07) is 6.70. The lowest BCUT2D eigenvalue weighted by molar-refractivity contribution is 0.477. The van der Waals surface area contributed by atoms with Gasteiger partial charge in [0.25, 0.3) is 0 Å². The topological polar surface area (TPSA) is 89.2 Å². The molecular weight excluding hydrogens is 288 g/mol. The van der Waals surface area contributed by atoms with Crippen molar-refractivity contribution < 1.29 is 8.42 Å². The number of hydrogen-bond donors (Lipinski definition) is 1. The van der Waals surface area contributed by atoms with Crippen molar-refractivity contribution in [2.24, 2.45) is 0 Å². The summed E-state index contributed by atoms with van der Waals surface area (Å²) in [7, 11) is -3.37. The molecule has 0 amide bonds. The fourth-order valence-corrected chi connectivity index (χ4v) is 3.88. The zero-order valence-corrected chi connectivity index (χ0v) is 12.3. The van der Waals surface area contributed by atoms with E-state index in [1.807, 2.05) is 0 Å². The molecule has 1 aliphatic rings. The summed E-state index contributed by atoms with van der Waals surface area (Å²) in [6.07, 6.45) is 4.90. The fourth-order valence-electron chi connectivity index (χ4n) is 2.36. The Bertz CT molecular complexity index is 721. The van der Waals surface area contributed by atoms with Gasteiger partial charge in [-0.2, -0.15) is 4.31 Å². The van der Waals surface area contributed by atoms with Crippen molar-refractivity contribution >= 4 is 15.8 Å². The predicted molar refractivity (Wildman–Crippen MR) is 79.9 cm³/mol. The van der Waals surface area contributed by atoms with E-state index in [1.54, 1.807) is 30.5 Å². The molecule has 0 aliphatic carbocycles. The van der Waals surface area contributed by atoms with Gasteiger partial charge in [0.1, 0.15) is 5.82 Å². The minimum atomic E-state index is -3.37. The van der Waals surface area contributed by atoms with E-state index in [0.29, 0.717) is 29.5 Å². The smallest absolute Gasteiger partial charge is 0.243 e. The van der Waals surface area contributed by atoms with Gasteiger partial charge in [0.2, 0.25) is 10.0 Å². The number of nitrogen functional groups attached to an aromatic ring is 1. The van der Waals surface area contributed by atoms with Crippen LogP contribution in [0.5, 0.6) is 0 Å². The lowest BCUT2D eigenvalue weighted by Crippen LogP contribution is -2.27. The second-order valence-electron chi connectivity index (χ2n) is 4.96. The van der Waals surface area contributed by atoms with Crippen molar-refractivity contribution in [2.75, 3.05) is 18.8 Å². The van der Waals surface area contributed by atoms with E-state index in [4.69, 9.17) is 5.73 Å². The van der Waals surface area contributed by atoms with Crippen molar-refractivity contribution in [2.45, 2.75) is 17.7 Å². The number of nitrogens with zero attached hydrogens (tertiary/aromatic N) is 3. The predicted octanol–water partition coefficient (Wildman–Crippen LogP) is 1.51.